The Morgan fingerprint density at radius 2 is 1.86 bits per heavy atom. The molecule has 0 aliphatic carbocycles. The number of aromatic nitrogens is 1. The molecule has 1 aromatic heterocycles. The van der Waals surface area contributed by atoms with Crippen LogP contribution in [0.15, 0.2) is 60.8 Å². The van der Waals surface area contributed by atoms with Crippen molar-refractivity contribution in [2.45, 2.75) is 6.42 Å². The summed E-state index contributed by atoms with van der Waals surface area (Å²) in [4.78, 5) is 16.7. The zero-order valence-corrected chi connectivity index (χ0v) is 11.7. The number of nitrogens with zero attached hydrogens (tertiary/aromatic N) is 1. The van der Waals surface area contributed by atoms with Crippen molar-refractivity contribution in [1.82, 2.24) is 4.98 Å². The van der Waals surface area contributed by atoms with Gasteiger partial charge in [-0.05, 0) is 42.0 Å². The number of pyridine rings is 1. The van der Waals surface area contributed by atoms with Crippen LogP contribution in [-0.4, -0.2) is 17.9 Å². The lowest BCUT2D eigenvalue weighted by Gasteiger charge is -2.06. The number of rotatable bonds is 4. The lowest BCUT2D eigenvalue weighted by atomic mass is 9.99. The Bertz CT molecular complexity index is 773. The summed E-state index contributed by atoms with van der Waals surface area (Å²) < 4.78 is 5.11. The van der Waals surface area contributed by atoms with Gasteiger partial charge in [0.25, 0.3) is 0 Å². The summed E-state index contributed by atoms with van der Waals surface area (Å²) in [5.41, 5.74) is 2.61. The number of carbonyl (C=O) groups is 1. The number of hydrogen-bond donors (Lipinski definition) is 0. The number of Topliss-reactive ketones (excluding diaryl/α,β-unsaturated/α-hetero) is 1. The van der Waals surface area contributed by atoms with Gasteiger partial charge in [-0.15, -0.1) is 0 Å². The van der Waals surface area contributed by atoms with Crippen molar-refractivity contribution in [1.29, 1.82) is 0 Å². The van der Waals surface area contributed by atoms with Gasteiger partial charge in [-0.2, -0.15) is 0 Å². The smallest absolute Gasteiger partial charge is 0.167 e. The molecule has 0 amide bonds. The summed E-state index contributed by atoms with van der Waals surface area (Å²) in [6.45, 7) is 0. The number of benzene rings is 2. The molecule has 0 saturated carbocycles. The van der Waals surface area contributed by atoms with Gasteiger partial charge in [0.2, 0.25) is 0 Å². The number of carbonyl (C=O) groups excluding carboxylic acids is 1. The first-order valence-electron chi connectivity index (χ1n) is 6.78. The minimum atomic E-state index is 0.0917. The molecule has 0 spiro atoms. The molecule has 3 aromatic rings. The Morgan fingerprint density at radius 3 is 2.62 bits per heavy atom. The second-order valence-electron chi connectivity index (χ2n) is 4.82. The van der Waals surface area contributed by atoms with Crippen LogP contribution < -0.4 is 4.74 Å². The van der Waals surface area contributed by atoms with E-state index in [1.807, 2.05) is 30.3 Å². The molecular weight excluding hydrogens is 262 g/mol. The van der Waals surface area contributed by atoms with Crippen LogP contribution in [0.3, 0.4) is 0 Å². The van der Waals surface area contributed by atoms with E-state index in [0.29, 0.717) is 12.0 Å². The maximum atomic E-state index is 12.4. The van der Waals surface area contributed by atoms with E-state index >= 15 is 0 Å². The molecule has 0 unspecified atom stereocenters. The number of ketones is 1. The van der Waals surface area contributed by atoms with Gasteiger partial charge in [-0.1, -0.05) is 18.2 Å². The predicted octanol–water partition coefficient (Wildman–Crippen LogP) is 3.67. The van der Waals surface area contributed by atoms with Crippen LogP contribution in [0.4, 0.5) is 0 Å². The molecule has 2 aromatic carbocycles. The number of fused-ring (bicyclic) bond motifs is 1. The van der Waals surface area contributed by atoms with Crippen molar-refractivity contribution in [3.63, 3.8) is 0 Å². The highest BCUT2D eigenvalue weighted by atomic mass is 16.5. The molecule has 0 fully saturated rings. The van der Waals surface area contributed by atoms with Crippen molar-refractivity contribution in [2.24, 2.45) is 0 Å². The lowest BCUT2D eigenvalue weighted by molar-refractivity contribution is 0.0993. The van der Waals surface area contributed by atoms with Crippen LogP contribution in [0, 0.1) is 0 Å². The van der Waals surface area contributed by atoms with Gasteiger partial charge in [0.05, 0.1) is 12.6 Å². The van der Waals surface area contributed by atoms with Gasteiger partial charge < -0.3 is 4.74 Å². The number of hydrogen-bond acceptors (Lipinski definition) is 3. The molecule has 0 aliphatic heterocycles. The average molecular weight is 277 g/mol. The van der Waals surface area contributed by atoms with E-state index in [1.54, 1.807) is 37.6 Å². The third-order valence-corrected chi connectivity index (χ3v) is 3.50. The zero-order valence-electron chi connectivity index (χ0n) is 11.7. The number of methoxy groups -OCH3 is 1. The summed E-state index contributed by atoms with van der Waals surface area (Å²) in [7, 11) is 1.61. The molecule has 3 rings (SSSR count). The topological polar surface area (TPSA) is 39.2 Å². The molecule has 0 saturated heterocycles. The summed E-state index contributed by atoms with van der Waals surface area (Å²) >= 11 is 0. The molecule has 0 N–H and O–H groups in total. The Morgan fingerprint density at radius 1 is 1.05 bits per heavy atom. The first-order chi connectivity index (χ1) is 10.3. The molecule has 0 radical (unpaired) electrons. The van der Waals surface area contributed by atoms with Crippen molar-refractivity contribution >= 4 is 16.7 Å². The maximum Gasteiger partial charge on any atom is 0.167 e. The summed E-state index contributed by atoms with van der Waals surface area (Å²) in [5, 5.41) is 1.03. The van der Waals surface area contributed by atoms with E-state index in [9.17, 15) is 4.79 Å². The monoisotopic (exact) mass is 277 g/mol. The van der Waals surface area contributed by atoms with Gasteiger partial charge in [-0.25, -0.2) is 0 Å². The van der Waals surface area contributed by atoms with Gasteiger partial charge in [0.15, 0.2) is 5.78 Å². The van der Waals surface area contributed by atoms with Crippen LogP contribution in [0.5, 0.6) is 5.75 Å². The molecule has 3 nitrogen and oxygen atoms in total. The highest BCUT2D eigenvalue weighted by Gasteiger charge is 2.09. The average Bonchev–Trinajstić information content (AvgIpc) is 2.55. The third-order valence-electron chi connectivity index (χ3n) is 3.50. The number of ether oxygens (including phenoxy) is 1. The van der Waals surface area contributed by atoms with Gasteiger partial charge >= 0.3 is 0 Å². The SMILES string of the molecule is COc1ccc(C(=O)Cc2cccc3ncccc23)cc1. The second kappa shape index (κ2) is 5.75. The van der Waals surface area contributed by atoms with Gasteiger partial charge in [-0.3, -0.25) is 9.78 Å². The van der Waals surface area contributed by atoms with Crippen molar-refractivity contribution in [2.75, 3.05) is 7.11 Å². The fourth-order valence-corrected chi connectivity index (χ4v) is 2.37. The molecule has 0 atom stereocenters. The fourth-order valence-electron chi connectivity index (χ4n) is 2.37. The van der Waals surface area contributed by atoms with Crippen LogP contribution in [0.1, 0.15) is 15.9 Å². The molecule has 3 heteroatoms. The van der Waals surface area contributed by atoms with Crippen LogP contribution >= 0.6 is 0 Å². The predicted molar refractivity (Wildman–Crippen MR) is 82.8 cm³/mol. The maximum absolute atomic E-state index is 12.4. The molecule has 1 heterocycles. The summed E-state index contributed by atoms with van der Waals surface area (Å²) in [6, 6.07) is 17.0. The zero-order chi connectivity index (χ0) is 14.7. The quantitative estimate of drug-likeness (QED) is 0.683. The first kappa shape index (κ1) is 13.3. The van der Waals surface area contributed by atoms with E-state index in [-0.39, 0.29) is 5.78 Å². The lowest BCUT2D eigenvalue weighted by Crippen LogP contribution is -2.04. The normalized spacial score (nSPS) is 10.5. The molecular formula is C18H15NO2. The molecule has 104 valence electrons. The van der Waals surface area contributed by atoms with Crippen molar-refractivity contribution in [3.05, 3.63) is 71.9 Å². The van der Waals surface area contributed by atoms with E-state index in [4.69, 9.17) is 4.74 Å². The first-order valence-corrected chi connectivity index (χ1v) is 6.78. The van der Waals surface area contributed by atoms with E-state index < -0.39 is 0 Å². The van der Waals surface area contributed by atoms with Crippen LogP contribution in [-0.2, 0) is 6.42 Å². The second-order valence-corrected chi connectivity index (χ2v) is 4.82. The highest BCUT2D eigenvalue weighted by molar-refractivity contribution is 5.99. The van der Waals surface area contributed by atoms with Crippen molar-refractivity contribution < 1.29 is 9.53 Å². The van der Waals surface area contributed by atoms with E-state index in [2.05, 4.69) is 4.98 Å². The van der Waals surface area contributed by atoms with Crippen LogP contribution in [0.2, 0.25) is 0 Å². The Labute approximate surface area is 123 Å². The molecule has 21 heavy (non-hydrogen) atoms. The van der Waals surface area contributed by atoms with Crippen LogP contribution in [0.25, 0.3) is 10.9 Å². The molecule has 0 aliphatic rings. The Kier molecular flexibility index (Phi) is 3.65. The van der Waals surface area contributed by atoms with Crippen molar-refractivity contribution in [3.8, 4) is 5.75 Å². The van der Waals surface area contributed by atoms with Gasteiger partial charge in [0.1, 0.15) is 5.75 Å². The standard InChI is InChI=1S/C18H15NO2/c1-21-15-9-7-13(8-10-15)18(20)12-14-4-2-6-17-16(14)5-3-11-19-17/h2-11H,12H2,1H3. The third kappa shape index (κ3) is 2.77. The molecule has 0 bridgehead atoms. The highest BCUT2D eigenvalue weighted by Crippen LogP contribution is 2.19. The van der Waals surface area contributed by atoms with E-state index in [1.165, 1.54) is 0 Å². The van der Waals surface area contributed by atoms with E-state index in [0.717, 1.165) is 22.2 Å². The summed E-state index contributed by atoms with van der Waals surface area (Å²) in [6.07, 6.45) is 2.13. The minimum absolute atomic E-state index is 0.0917. The summed E-state index contributed by atoms with van der Waals surface area (Å²) in [5.74, 6) is 0.843. The Balaban J connectivity index is 1.89. The fraction of sp³-hybridized carbons (Fsp3) is 0.111. The van der Waals surface area contributed by atoms with Gasteiger partial charge in [0, 0.05) is 23.6 Å². The minimum Gasteiger partial charge on any atom is -0.497 e. The Hall–Kier alpha value is -2.68. The largest absolute Gasteiger partial charge is 0.497 e.